The third-order valence-corrected chi connectivity index (χ3v) is 4.01. The molecule has 1 aliphatic rings. The van der Waals surface area contributed by atoms with Crippen LogP contribution in [0, 0.1) is 12.7 Å². The van der Waals surface area contributed by atoms with Gasteiger partial charge in [0.25, 0.3) is 0 Å². The standard InChI is InChI=1S/C16H23FN2O/c1-12-7-8-14(11-15(12)17)18-16(20)13(2)19-9-5-3-4-6-10-19/h7-8,11,13H,3-6,9-10H2,1-2H3,(H,18,20). The summed E-state index contributed by atoms with van der Waals surface area (Å²) >= 11 is 0. The molecule has 0 aliphatic carbocycles. The summed E-state index contributed by atoms with van der Waals surface area (Å²) in [6, 6.07) is 4.63. The van der Waals surface area contributed by atoms with Crippen molar-refractivity contribution in [2.75, 3.05) is 18.4 Å². The van der Waals surface area contributed by atoms with Gasteiger partial charge in [-0.05, 0) is 57.5 Å². The summed E-state index contributed by atoms with van der Waals surface area (Å²) in [5.74, 6) is -0.347. The molecular weight excluding hydrogens is 255 g/mol. The molecule has 0 bridgehead atoms. The van der Waals surface area contributed by atoms with Gasteiger partial charge in [0.1, 0.15) is 5.82 Å². The highest BCUT2D eigenvalue weighted by Gasteiger charge is 2.22. The SMILES string of the molecule is Cc1ccc(NC(=O)C(C)N2CCCCCC2)cc1F. The molecule has 1 saturated heterocycles. The average molecular weight is 278 g/mol. The van der Waals surface area contributed by atoms with Crippen LogP contribution in [-0.4, -0.2) is 29.9 Å². The van der Waals surface area contributed by atoms with Gasteiger partial charge in [-0.15, -0.1) is 0 Å². The minimum absolute atomic E-state index is 0.0600. The first-order valence-electron chi connectivity index (χ1n) is 7.39. The fraction of sp³-hybridized carbons (Fsp3) is 0.562. The molecule has 1 N–H and O–H groups in total. The summed E-state index contributed by atoms with van der Waals surface area (Å²) in [7, 11) is 0. The van der Waals surface area contributed by atoms with Crippen LogP contribution in [0.3, 0.4) is 0 Å². The molecule has 1 fully saturated rings. The Morgan fingerprint density at radius 1 is 1.25 bits per heavy atom. The molecule has 2 rings (SSSR count). The first-order chi connectivity index (χ1) is 9.58. The largest absolute Gasteiger partial charge is 0.325 e. The number of nitrogens with zero attached hydrogens (tertiary/aromatic N) is 1. The number of likely N-dealkylation sites (tertiary alicyclic amines) is 1. The van der Waals surface area contributed by atoms with E-state index in [4.69, 9.17) is 0 Å². The normalized spacial score (nSPS) is 18.4. The molecule has 4 heteroatoms. The minimum atomic E-state index is -0.287. The van der Waals surface area contributed by atoms with E-state index in [0.29, 0.717) is 11.3 Å². The Labute approximate surface area is 120 Å². The molecule has 0 saturated carbocycles. The molecule has 20 heavy (non-hydrogen) atoms. The van der Waals surface area contributed by atoms with Gasteiger partial charge in [0.15, 0.2) is 0 Å². The second-order valence-corrected chi connectivity index (χ2v) is 5.58. The third-order valence-electron chi connectivity index (χ3n) is 4.01. The van der Waals surface area contributed by atoms with Crippen LogP contribution in [0.15, 0.2) is 18.2 Å². The predicted molar refractivity (Wildman–Crippen MR) is 79.3 cm³/mol. The number of rotatable bonds is 3. The zero-order valence-electron chi connectivity index (χ0n) is 12.3. The van der Waals surface area contributed by atoms with Crippen molar-refractivity contribution in [3.63, 3.8) is 0 Å². The molecule has 0 radical (unpaired) electrons. The summed E-state index contributed by atoms with van der Waals surface area (Å²) in [6.45, 7) is 5.57. The number of hydrogen-bond acceptors (Lipinski definition) is 2. The van der Waals surface area contributed by atoms with E-state index < -0.39 is 0 Å². The Morgan fingerprint density at radius 2 is 1.90 bits per heavy atom. The van der Waals surface area contributed by atoms with Crippen LogP contribution in [0.25, 0.3) is 0 Å². The number of carbonyl (C=O) groups is 1. The second-order valence-electron chi connectivity index (χ2n) is 5.58. The van der Waals surface area contributed by atoms with Gasteiger partial charge < -0.3 is 5.32 Å². The van der Waals surface area contributed by atoms with E-state index >= 15 is 0 Å². The Morgan fingerprint density at radius 3 is 2.50 bits per heavy atom. The van der Waals surface area contributed by atoms with Crippen molar-refractivity contribution in [3.05, 3.63) is 29.6 Å². The maximum atomic E-state index is 13.5. The summed E-state index contributed by atoms with van der Waals surface area (Å²) < 4.78 is 13.5. The lowest BCUT2D eigenvalue weighted by atomic mass is 10.2. The zero-order chi connectivity index (χ0) is 14.5. The van der Waals surface area contributed by atoms with E-state index in [1.165, 1.54) is 18.9 Å². The summed E-state index contributed by atoms with van der Waals surface area (Å²) in [5, 5.41) is 2.81. The van der Waals surface area contributed by atoms with Crippen LogP contribution in [0.4, 0.5) is 10.1 Å². The van der Waals surface area contributed by atoms with Crippen LogP contribution in [0.1, 0.15) is 38.2 Å². The van der Waals surface area contributed by atoms with Crippen LogP contribution in [0.5, 0.6) is 0 Å². The van der Waals surface area contributed by atoms with Crippen molar-refractivity contribution >= 4 is 11.6 Å². The summed E-state index contributed by atoms with van der Waals surface area (Å²) in [5.41, 5.74) is 1.11. The quantitative estimate of drug-likeness (QED) is 0.919. The second kappa shape index (κ2) is 6.84. The number of carbonyl (C=O) groups excluding carboxylic acids is 1. The van der Waals surface area contributed by atoms with Crippen molar-refractivity contribution in [1.82, 2.24) is 4.90 Å². The fourth-order valence-corrected chi connectivity index (χ4v) is 2.57. The number of aryl methyl sites for hydroxylation is 1. The first kappa shape index (κ1) is 15.0. The van der Waals surface area contributed by atoms with Crippen molar-refractivity contribution in [2.24, 2.45) is 0 Å². The minimum Gasteiger partial charge on any atom is -0.325 e. The monoisotopic (exact) mass is 278 g/mol. The summed E-state index contributed by atoms with van der Waals surface area (Å²) in [4.78, 5) is 14.5. The highest BCUT2D eigenvalue weighted by Crippen LogP contribution is 2.16. The predicted octanol–water partition coefficient (Wildman–Crippen LogP) is 3.34. The first-order valence-corrected chi connectivity index (χ1v) is 7.39. The maximum Gasteiger partial charge on any atom is 0.241 e. The number of hydrogen-bond donors (Lipinski definition) is 1. The van der Waals surface area contributed by atoms with Crippen LogP contribution < -0.4 is 5.32 Å². The summed E-state index contributed by atoms with van der Waals surface area (Å²) in [6.07, 6.45) is 4.79. The fourth-order valence-electron chi connectivity index (χ4n) is 2.57. The molecule has 110 valence electrons. The highest BCUT2D eigenvalue weighted by atomic mass is 19.1. The lowest BCUT2D eigenvalue weighted by Gasteiger charge is -2.26. The molecule has 1 unspecified atom stereocenters. The number of anilines is 1. The van der Waals surface area contributed by atoms with E-state index in [0.717, 1.165) is 25.9 Å². The van der Waals surface area contributed by atoms with E-state index in [-0.39, 0.29) is 17.8 Å². The molecule has 1 aliphatic heterocycles. The van der Waals surface area contributed by atoms with Gasteiger partial charge in [0, 0.05) is 5.69 Å². The smallest absolute Gasteiger partial charge is 0.241 e. The Bertz CT molecular complexity index is 468. The number of halogens is 1. The van der Waals surface area contributed by atoms with Crippen LogP contribution in [0.2, 0.25) is 0 Å². The van der Waals surface area contributed by atoms with E-state index in [1.54, 1.807) is 19.1 Å². The third kappa shape index (κ3) is 3.79. The van der Waals surface area contributed by atoms with E-state index in [2.05, 4.69) is 10.2 Å². The van der Waals surface area contributed by atoms with Gasteiger partial charge in [-0.25, -0.2) is 4.39 Å². The molecule has 1 heterocycles. The Kier molecular flexibility index (Phi) is 5.12. The van der Waals surface area contributed by atoms with Gasteiger partial charge >= 0.3 is 0 Å². The van der Waals surface area contributed by atoms with Crippen LogP contribution >= 0.6 is 0 Å². The van der Waals surface area contributed by atoms with Gasteiger partial charge in [0.05, 0.1) is 6.04 Å². The van der Waals surface area contributed by atoms with Gasteiger partial charge in [-0.2, -0.15) is 0 Å². The highest BCUT2D eigenvalue weighted by molar-refractivity contribution is 5.94. The van der Waals surface area contributed by atoms with Crippen LogP contribution in [-0.2, 0) is 4.79 Å². The van der Waals surface area contributed by atoms with Crippen molar-refractivity contribution in [3.8, 4) is 0 Å². The lowest BCUT2D eigenvalue weighted by Crippen LogP contribution is -2.42. The molecule has 1 amide bonds. The Balaban J connectivity index is 1.97. The lowest BCUT2D eigenvalue weighted by molar-refractivity contribution is -0.120. The van der Waals surface area contributed by atoms with E-state index in [1.807, 2.05) is 6.92 Å². The van der Waals surface area contributed by atoms with Gasteiger partial charge in [-0.1, -0.05) is 18.9 Å². The topological polar surface area (TPSA) is 32.3 Å². The van der Waals surface area contributed by atoms with Gasteiger partial charge in [-0.3, -0.25) is 9.69 Å². The number of benzene rings is 1. The molecular formula is C16H23FN2O. The van der Waals surface area contributed by atoms with Gasteiger partial charge in [0.2, 0.25) is 5.91 Å². The molecule has 1 aromatic rings. The molecule has 3 nitrogen and oxygen atoms in total. The molecule has 0 aromatic heterocycles. The Hall–Kier alpha value is -1.42. The van der Waals surface area contributed by atoms with Crippen molar-refractivity contribution in [1.29, 1.82) is 0 Å². The average Bonchev–Trinajstić information content (AvgIpc) is 2.71. The van der Waals surface area contributed by atoms with Crippen molar-refractivity contribution in [2.45, 2.75) is 45.6 Å². The number of amides is 1. The molecule has 1 aromatic carbocycles. The maximum absolute atomic E-state index is 13.5. The molecule has 1 atom stereocenters. The van der Waals surface area contributed by atoms with E-state index in [9.17, 15) is 9.18 Å². The van der Waals surface area contributed by atoms with Crippen molar-refractivity contribution < 1.29 is 9.18 Å². The zero-order valence-corrected chi connectivity index (χ0v) is 12.3. The molecule has 0 spiro atoms. The number of nitrogens with one attached hydrogen (secondary N) is 1.